The molecule has 1 heterocycles. The fraction of sp³-hybridized carbons (Fsp3) is 0.150. The molecular formula is C20H16BrN4O2+. The quantitative estimate of drug-likeness (QED) is 0.764. The van der Waals surface area contributed by atoms with Gasteiger partial charge in [0.05, 0.1) is 11.6 Å². The number of nitrogens with zero attached hydrogens (tertiary/aromatic N) is 2. The number of rotatable bonds is 2. The van der Waals surface area contributed by atoms with Crippen LogP contribution in [-0.2, 0) is 0 Å². The number of phenols is 1. The van der Waals surface area contributed by atoms with Gasteiger partial charge in [-0.1, -0.05) is 0 Å². The number of hydrogen-bond acceptors (Lipinski definition) is 5. The van der Waals surface area contributed by atoms with Crippen LogP contribution < -0.4 is 15.5 Å². The number of methoxy groups -OCH3 is 1. The number of H-pyrrole nitrogens is 1. The van der Waals surface area contributed by atoms with E-state index in [0.717, 1.165) is 22.3 Å². The summed E-state index contributed by atoms with van der Waals surface area (Å²) in [4.78, 5) is 3.00. The molecule has 6 nitrogen and oxygen atoms in total. The molecule has 2 aromatic rings. The van der Waals surface area contributed by atoms with E-state index in [9.17, 15) is 15.6 Å². The van der Waals surface area contributed by atoms with Crippen LogP contribution in [0.3, 0.4) is 0 Å². The Morgan fingerprint density at radius 3 is 2.56 bits per heavy atom. The summed E-state index contributed by atoms with van der Waals surface area (Å²) in [6, 6.07) is 7.78. The first-order valence-electron chi connectivity index (χ1n) is 7.99. The van der Waals surface area contributed by atoms with Gasteiger partial charge in [-0.3, -0.25) is 5.73 Å². The lowest BCUT2D eigenvalue weighted by atomic mass is 9.95. The van der Waals surface area contributed by atoms with Crippen LogP contribution in [0.15, 0.2) is 22.2 Å². The van der Waals surface area contributed by atoms with E-state index in [1.807, 2.05) is 19.9 Å². The fourth-order valence-electron chi connectivity index (χ4n) is 3.27. The molecule has 0 saturated heterocycles. The predicted octanol–water partition coefficient (Wildman–Crippen LogP) is 3.59. The maximum absolute atomic E-state index is 10.0. The van der Waals surface area contributed by atoms with Crippen LogP contribution in [0.25, 0.3) is 17.2 Å². The maximum atomic E-state index is 10.0. The van der Waals surface area contributed by atoms with Gasteiger partial charge in [-0.25, -0.2) is 4.98 Å². The van der Waals surface area contributed by atoms with Crippen molar-refractivity contribution in [2.45, 2.75) is 13.8 Å². The molecule has 1 aliphatic carbocycles. The van der Waals surface area contributed by atoms with E-state index in [0.29, 0.717) is 32.6 Å². The second-order valence-corrected chi connectivity index (χ2v) is 6.98. The van der Waals surface area contributed by atoms with Crippen LogP contribution in [0, 0.1) is 29.6 Å². The number of phenolic OH excluding ortho intramolecular Hbond substituents is 1. The monoisotopic (exact) mass is 423 g/mol. The lowest BCUT2D eigenvalue weighted by Gasteiger charge is -2.10. The summed E-state index contributed by atoms with van der Waals surface area (Å²) in [5.74, 6) is 0.583. The van der Waals surface area contributed by atoms with Crippen molar-refractivity contribution in [3.63, 3.8) is 0 Å². The average Bonchev–Trinajstić information content (AvgIpc) is 2.89. The average molecular weight is 424 g/mol. The van der Waals surface area contributed by atoms with Crippen LogP contribution >= 0.6 is 15.9 Å². The molecule has 7 heteroatoms. The normalized spacial score (nSPS) is 14.1. The van der Waals surface area contributed by atoms with Crippen LogP contribution in [0.2, 0.25) is 0 Å². The zero-order valence-corrected chi connectivity index (χ0v) is 16.5. The Bertz CT molecular complexity index is 1130. The highest BCUT2D eigenvalue weighted by Crippen LogP contribution is 2.44. The highest BCUT2D eigenvalue weighted by atomic mass is 79.9. The Labute approximate surface area is 165 Å². The molecule has 134 valence electrons. The first-order chi connectivity index (χ1) is 12.8. The Kier molecular flexibility index (Phi) is 4.65. The molecule has 0 spiro atoms. The minimum atomic E-state index is 0.0144. The van der Waals surface area contributed by atoms with Crippen LogP contribution in [-0.4, -0.2) is 12.2 Å². The molecule has 3 rings (SSSR count). The van der Waals surface area contributed by atoms with Crippen molar-refractivity contribution in [3.8, 4) is 23.6 Å². The molecule has 0 unspecified atom stereocenters. The topological polar surface area (TPSA) is 117 Å². The highest BCUT2D eigenvalue weighted by Gasteiger charge is 2.32. The number of anilines is 1. The number of pyridine rings is 1. The van der Waals surface area contributed by atoms with E-state index < -0.39 is 0 Å². The Hall–Kier alpha value is -3.29. The Morgan fingerprint density at radius 1 is 1.26 bits per heavy atom. The standard InChI is InChI=1S/C20H15BrN4O2/c1-9-12(4-11-5-15(21)19(26)16(6-11)27-3)17-10(2)14(8-23)20(24)25-18(17)13(9)7-22/h4-6,26H,1-3H3,(H2,24,25)/p+1/b12-4+. The third kappa shape index (κ3) is 2.83. The number of fused-ring (bicyclic) bond motifs is 1. The summed E-state index contributed by atoms with van der Waals surface area (Å²) < 4.78 is 5.70. The van der Waals surface area contributed by atoms with Crippen molar-refractivity contribution in [2.75, 3.05) is 12.8 Å². The second kappa shape index (κ2) is 6.79. The van der Waals surface area contributed by atoms with E-state index in [-0.39, 0.29) is 11.6 Å². The molecule has 0 atom stereocenters. The number of aromatic amines is 1. The summed E-state index contributed by atoms with van der Waals surface area (Å²) in [6.45, 7) is 3.67. The van der Waals surface area contributed by atoms with E-state index in [4.69, 9.17) is 10.5 Å². The molecule has 27 heavy (non-hydrogen) atoms. The molecule has 0 fully saturated rings. The first kappa shape index (κ1) is 18.5. The first-order valence-corrected chi connectivity index (χ1v) is 8.79. The zero-order valence-electron chi connectivity index (χ0n) is 14.9. The molecular weight excluding hydrogens is 408 g/mol. The van der Waals surface area contributed by atoms with Gasteiger partial charge in [0.25, 0.3) is 5.82 Å². The number of nitrogens with one attached hydrogen (secondary N) is 1. The molecule has 0 aliphatic heterocycles. The van der Waals surface area contributed by atoms with E-state index in [1.54, 1.807) is 12.1 Å². The second-order valence-electron chi connectivity index (χ2n) is 6.12. The van der Waals surface area contributed by atoms with Crippen molar-refractivity contribution in [3.05, 3.63) is 50.1 Å². The SMILES string of the molecule is COc1cc(/C=C2\C(C)=C(C#N)c3[nH+]c(N)c(C#N)c(C)c32)cc(Br)c1O. The minimum Gasteiger partial charge on any atom is -0.503 e. The van der Waals surface area contributed by atoms with E-state index >= 15 is 0 Å². The third-order valence-corrected chi connectivity index (χ3v) is 5.24. The summed E-state index contributed by atoms with van der Waals surface area (Å²) >= 11 is 3.32. The molecule has 0 bridgehead atoms. The van der Waals surface area contributed by atoms with E-state index in [2.05, 4.69) is 33.1 Å². The lowest BCUT2D eigenvalue weighted by molar-refractivity contribution is -0.364. The van der Waals surface area contributed by atoms with Gasteiger partial charge in [-0.15, -0.1) is 0 Å². The van der Waals surface area contributed by atoms with Gasteiger partial charge in [0.1, 0.15) is 23.3 Å². The molecule has 1 aromatic carbocycles. The highest BCUT2D eigenvalue weighted by molar-refractivity contribution is 9.10. The number of allylic oxidation sites excluding steroid dienone is 3. The summed E-state index contributed by atoms with van der Waals surface area (Å²) in [6.07, 6.45) is 1.89. The number of ether oxygens (including phenoxy) is 1. The lowest BCUT2D eigenvalue weighted by Crippen LogP contribution is -2.20. The van der Waals surface area contributed by atoms with E-state index in [1.165, 1.54) is 7.11 Å². The van der Waals surface area contributed by atoms with Gasteiger partial charge in [-0.2, -0.15) is 10.5 Å². The van der Waals surface area contributed by atoms with Crippen LogP contribution in [0.4, 0.5) is 5.82 Å². The number of nitrogen functional groups attached to an aromatic ring is 1. The third-order valence-electron chi connectivity index (χ3n) is 4.63. The van der Waals surface area contributed by atoms with Crippen LogP contribution in [0.1, 0.15) is 34.9 Å². The largest absolute Gasteiger partial charge is 0.503 e. The number of aromatic nitrogens is 1. The minimum absolute atomic E-state index is 0.0144. The molecule has 0 radical (unpaired) electrons. The van der Waals surface area contributed by atoms with Gasteiger partial charge < -0.3 is 9.84 Å². The van der Waals surface area contributed by atoms with Crippen LogP contribution in [0.5, 0.6) is 11.5 Å². The molecule has 1 aromatic heterocycles. The summed E-state index contributed by atoms with van der Waals surface area (Å²) in [7, 11) is 1.48. The molecule has 4 N–H and O–H groups in total. The maximum Gasteiger partial charge on any atom is 0.289 e. The number of nitriles is 2. The predicted molar refractivity (Wildman–Crippen MR) is 105 cm³/mol. The van der Waals surface area contributed by atoms with Crippen molar-refractivity contribution in [1.29, 1.82) is 10.5 Å². The zero-order chi connectivity index (χ0) is 19.9. The number of halogens is 1. The number of nitrogens with two attached hydrogens (primary N) is 1. The van der Waals surface area contributed by atoms with Gasteiger partial charge in [0.15, 0.2) is 17.2 Å². The molecule has 0 amide bonds. The Balaban J connectivity index is 2.33. The summed E-state index contributed by atoms with van der Waals surface area (Å²) in [5, 5.41) is 29.1. The smallest absolute Gasteiger partial charge is 0.289 e. The van der Waals surface area contributed by atoms with Gasteiger partial charge >= 0.3 is 0 Å². The number of benzene rings is 1. The van der Waals surface area contributed by atoms with Crippen molar-refractivity contribution in [1.82, 2.24) is 0 Å². The van der Waals surface area contributed by atoms with Gasteiger partial charge in [-0.05, 0) is 70.3 Å². The van der Waals surface area contributed by atoms with Crippen molar-refractivity contribution >= 4 is 39.0 Å². The molecule has 1 aliphatic rings. The number of hydrogen-bond donors (Lipinski definition) is 2. The van der Waals surface area contributed by atoms with Crippen molar-refractivity contribution < 1.29 is 14.8 Å². The van der Waals surface area contributed by atoms with Gasteiger partial charge in [0.2, 0.25) is 0 Å². The fourth-order valence-corrected chi connectivity index (χ4v) is 3.73. The van der Waals surface area contributed by atoms with Crippen molar-refractivity contribution in [2.24, 2.45) is 0 Å². The molecule has 0 saturated carbocycles. The van der Waals surface area contributed by atoms with Gasteiger partial charge in [0, 0.05) is 5.56 Å². The summed E-state index contributed by atoms with van der Waals surface area (Å²) in [5.41, 5.74) is 11.3. The Morgan fingerprint density at radius 2 is 1.96 bits per heavy atom. The number of aromatic hydroxyl groups is 1.